The molecule has 0 aromatic rings. The molecule has 1 atom stereocenters. The van der Waals surface area contributed by atoms with Crippen LogP contribution in [0.2, 0.25) is 0 Å². The zero-order valence-electron chi connectivity index (χ0n) is 14.9. The predicted octanol–water partition coefficient (Wildman–Crippen LogP) is 2.32. The number of carbonyl (C=O) groups excluding carboxylic acids is 1. The van der Waals surface area contributed by atoms with Crippen molar-refractivity contribution in [2.24, 2.45) is 5.92 Å². The van der Waals surface area contributed by atoms with Crippen LogP contribution < -0.4 is 5.32 Å². The fourth-order valence-electron chi connectivity index (χ4n) is 3.38. The fraction of sp³-hybridized carbons (Fsp3) is 0.941. The van der Waals surface area contributed by atoms with Gasteiger partial charge in [0.2, 0.25) is 0 Å². The molecule has 0 aromatic carbocycles. The summed E-state index contributed by atoms with van der Waals surface area (Å²) in [5.41, 5.74) is -0.211. The van der Waals surface area contributed by atoms with Gasteiger partial charge in [0.1, 0.15) is 5.60 Å². The molecule has 2 saturated heterocycles. The molecule has 0 bridgehead atoms. The van der Waals surface area contributed by atoms with E-state index in [4.69, 9.17) is 4.74 Å². The molecule has 1 N–H and O–H groups in total. The molecule has 128 valence electrons. The van der Waals surface area contributed by atoms with E-state index in [1.165, 1.54) is 6.42 Å². The Balaban J connectivity index is 1.89. The zero-order valence-corrected chi connectivity index (χ0v) is 14.9. The van der Waals surface area contributed by atoms with Gasteiger partial charge >= 0.3 is 6.09 Å². The summed E-state index contributed by atoms with van der Waals surface area (Å²) in [7, 11) is 0. The Morgan fingerprint density at radius 3 is 2.68 bits per heavy atom. The first kappa shape index (κ1) is 17.5. The van der Waals surface area contributed by atoms with Gasteiger partial charge in [0.15, 0.2) is 0 Å². The van der Waals surface area contributed by atoms with E-state index < -0.39 is 5.60 Å². The Bertz CT molecular complexity index is 390. The summed E-state index contributed by atoms with van der Waals surface area (Å²) in [4.78, 5) is 16.7. The van der Waals surface area contributed by atoms with Crippen molar-refractivity contribution in [3.63, 3.8) is 0 Å². The Hall–Kier alpha value is -0.810. The lowest BCUT2D eigenvalue weighted by Gasteiger charge is -2.45. The van der Waals surface area contributed by atoms with Gasteiger partial charge < -0.3 is 15.0 Å². The molecule has 0 aliphatic carbocycles. The maximum absolute atomic E-state index is 12.3. The van der Waals surface area contributed by atoms with E-state index >= 15 is 0 Å². The minimum Gasteiger partial charge on any atom is -0.444 e. The summed E-state index contributed by atoms with van der Waals surface area (Å²) >= 11 is 0. The molecule has 22 heavy (non-hydrogen) atoms. The van der Waals surface area contributed by atoms with Crippen LogP contribution in [0.25, 0.3) is 0 Å². The maximum atomic E-state index is 12.3. The molecular formula is C17H33N3O2. The topological polar surface area (TPSA) is 44.8 Å². The molecular weight excluding hydrogens is 278 g/mol. The van der Waals surface area contributed by atoms with Crippen molar-refractivity contribution < 1.29 is 9.53 Å². The number of nitrogens with one attached hydrogen (secondary N) is 1. The third-order valence-corrected chi connectivity index (χ3v) is 4.62. The molecule has 5 heteroatoms. The SMILES string of the molecule is CC(C)(C)OC(=O)N1CCC[C@H](CN2CCNCC2(C)C)C1. The minimum atomic E-state index is -0.412. The molecule has 2 fully saturated rings. The molecule has 2 rings (SSSR count). The Morgan fingerprint density at radius 2 is 2.05 bits per heavy atom. The molecule has 0 spiro atoms. The van der Waals surface area contributed by atoms with Crippen LogP contribution in [0, 0.1) is 5.92 Å². The van der Waals surface area contributed by atoms with Gasteiger partial charge in [-0.3, -0.25) is 4.90 Å². The molecule has 5 nitrogen and oxygen atoms in total. The second kappa shape index (κ2) is 6.75. The first-order chi connectivity index (χ1) is 10.2. The van der Waals surface area contributed by atoms with E-state index in [-0.39, 0.29) is 11.6 Å². The Morgan fingerprint density at radius 1 is 1.32 bits per heavy atom. The third kappa shape index (κ3) is 4.85. The van der Waals surface area contributed by atoms with Crippen LogP contribution in [0.15, 0.2) is 0 Å². The molecule has 0 saturated carbocycles. The van der Waals surface area contributed by atoms with Crippen molar-refractivity contribution in [2.75, 3.05) is 39.3 Å². The lowest BCUT2D eigenvalue weighted by Crippen LogP contribution is -2.59. The summed E-state index contributed by atoms with van der Waals surface area (Å²) < 4.78 is 5.52. The minimum absolute atomic E-state index is 0.156. The summed E-state index contributed by atoms with van der Waals surface area (Å²) in [6.45, 7) is 16.3. The van der Waals surface area contributed by atoms with Crippen LogP contribution in [0.3, 0.4) is 0 Å². The van der Waals surface area contributed by atoms with Gasteiger partial charge in [-0.05, 0) is 53.4 Å². The normalized spacial score (nSPS) is 26.8. The van der Waals surface area contributed by atoms with Gasteiger partial charge in [0, 0.05) is 44.8 Å². The number of nitrogens with zero attached hydrogens (tertiary/aromatic N) is 2. The second-order valence-corrected chi connectivity index (χ2v) is 8.37. The first-order valence-corrected chi connectivity index (χ1v) is 8.61. The van der Waals surface area contributed by atoms with Crippen molar-refractivity contribution in [1.29, 1.82) is 0 Å². The van der Waals surface area contributed by atoms with Crippen molar-refractivity contribution in [2.45, 2.75) is 58.6 Å². The van der Waals surface area contributed by atoms with E-state index in [9.17, 15) is 4.79 Å². The van der Waals surface area contributed by atoms with Crippen LogP contribution >= 0.6 is 0 Å². The lowest BCUT2D eigenvalue weighted by molar-refractivity contribution is 0.00866. The van der Waals surface area contributed by atoms with Crippen LogP contribution in [-0.2, 0) is 4.74 Å². The summed E-state index contributed by atoms with van der Waals surface area (Å²) in [6, 6.07) is 0. The lowest BCUT2D eigenvalue weighted by atomic mass is 9.93. The van der Waals surface area contributed by atoms with Crippen LogP contribution in [0.5, 0.6) is 0 Å². The van der Waals surface area contributed by atoms with Gasteiger partial charge in [-0.25, -0.2) is 4.79 Å². The highest BCUT2D eigenvalue weighted by atomic mass is 16.6. The second-order valence-electron chi connectivity index (χ2n) is 8.37. The average Bonchev–Trinajstić information content (AvgIpc) is 2.39. The molecule has 0 radical (unpaired) electrons. The standard InChI is InChI=1S/C17H33N3O2/c1-16(2,3)22-15(21)19-9-6-7-14(11-19)12-20-10-8-18-13-17(20,4)5/h14,18H,6-13H2,1-5H3/t14-/m0/s1. The number of amides is 1. The molecule has 2 aliphatic heterocycles. The van der Waals surface area contributed by atoms with E-state index in [0.29, 0.717) is 5.92 Å². The number of carbonyl (C=O) groups is 1. The quantitative estimate of drug-likeness (QED) is 0.850. The van der Waals surface area contributed by atoms with Crippen molar-refractivity contribution in [1.82, 2.24) is 15.1 Å². The maximum Gasteiger partial charge on any atom is 0.410 e. The van der Waals surface area contributed by atoms with Crippen molar-refractivity contribution >= 4 is 6.09 Å². The highest BCUT2D eigenvalue weighted by Crippen LogP contribution is 2.24. The fourth-order valence-corrected chi connectivity index (χ4v) is 3.38. The Kier molecular flexibility index (Phi) is 5.38. The van der Waals surface area contributed by atoms with E-state index in [1.807, 2.05) is 25.7 Å². The number of piperazine rings is 1. The monoisotopic (exact) mass is 311 g/mol. The molecule has 1 amide bonds. The molecule has 0 unspecified atom stereocenters. The van der Waals surface area contributed by atoms with Crippen LogP contribution in [0.1, 0.15) is 47.5 Å². The number of likely N-dealkylation sites (tertiary alicyclic amines) is 1. The number of hydrogen-bond acceptors (Lipinski definition) is 4. The molecule has 0 aromatic heterocycles. The highest BCUT2D eigenvalue weighted by Gasteiger charge is 2.33. The van der Waals surface area contributed by atoms with Crippen LogP contribution in [0.4, 0.5) is 4.79 Å². The van der Waals surface area contributed by atoms with Gasteiger partial charge in [-0.2, -0.15) is 0 Å². The third-order valence-electron chi connectivity index (χ3n) is 4.62. The molecule has 2 heterocycles. The smallest absolute Gasteiger partial charge is 0.410 e. The number of ether oxygens (including phenoxy) is 1. The summed E-state index contributed by atoms with van der Waals surface area (Å²) in [6.07, 6.45) is 2.13. The first-order valence-electron chi connectivity index (χ1n) is 8.61. The highest BCUT2D eigenvalue weighted by molar-refractivity contribution is 5.68. The van der Waals surface area contributed by atoms with Gasteiger partial charge in [0.25, 0.3) is 0 Å². The van der Waals surface area contributed by atoms with E-state index in [2.05, 4.69) is 24.1 Å². The van der Waals surface area contributed by atoms with E-state index in [0.717, 1.165) is 45.7 Å². The van der Waals surface area contributed by atoms with Crippen molar-refractivity contribution in [3.05, 3.63) is 0 Å². The number of piperidine rings is 1. The Labute approximate surface area is 135 Å². The summed E-state index contributed by atoms with van der Waals surface area (Å²) in [5.74, 6) is 0.554. The van der Waals surface area contributed by atoms with Crippen molar-refractivity contribution in [3.8, 4) is 0 Å². The van der Waals surface area contributed by atoms with Gasteiger partial charge in [-0.15, -0.1) is 0 Å². The average molecular weight is 311 g/mol. The zero-order chi connectivity index (χ0) is 16.4. The van der Waals surface area contributed by atoms with Crippen LogP contribution in [-0.4, -0.2) is 66.3 Å². The van der Waals surface area contributed by atoms with Gasteiger partial charge in [-0.1, -0.05) is 0 Å². The number of hydrogen-bond donors (Lipinski definition) is 1. The van der Waals surface area contributed by atoms with E-state index in [1.54, 1.807) is 0 Å². The number of rotatable bonds is 2. The molecule has 2 aliphatic rings. The van der Waals surface area contributed by atoms with Gasteiger partial charge in [0.05, 0.1) is 0 Å². The predicted molar refractivity (Wildman–Crippen MR) is 89.1 cm³/mol. The summed E-state index contributed by atoms with van der Waals surface area (Å²) in [5, 5.41) is 3.47. The largest absolute Gasteiger partial charge is 0.444 e.